The summed E-state index contributed by atoms with van der Waals surface area (Å²) >= 11 is 0. The zero-order valence-corrected chi connectivity index (χ0v) is 24.9. The molecule has 3 aromatic rings. The van der Waals surface area contributed by atoms with Gasteiger partial charge in [-0.2, -0.15) is 15.0 Å². The molecule has 1 fully saturated rings. The molecule has 1 saturated carbocycles. The second-order valence-corrected chi connectivity index (χ2v) is 10.6. The minimum atomic E-state index is -0.305. The first-order chi connectivity index (χ1) is 21.0. The number of amides is 1. The molecule has 12 heteroatoms. The molecular formula is C31H43FN8O3. The van der Waals surface area contributed by atoms with Crippen LogP contribution in [0.5, 0.6) is 0 Å². The predicted octanol–water partition coefficient (Wildman–Crippen LogP) is 4.17. The first kappa shape index (κ1) is 32.1. The van der Waals surface area contributed by atoms with Gasteiger partial charge in [0.15, 0.2) is 0 Å². The first-order valence-electron chi connectivity index (χ1n) is 15.0. The maximum Gasteiger partial charge on any atom is 0.236 e. The van der Waals surface area contributed by atoms with Gasteiger partial charge in [0, 0.05) is 38.1 Å². The van der Waals surface area contributed by atoms with Crippen molar-refractivity contribution >= 4 is 35.1 Å². The highest BCUT2D eigenvalue weighted by Gasteiger charge is 2.16. The van der Waals surface area contributed by atoms with Gasteiger partial charge in [0.25, 0.3) is 0 Å². The van der Waals surface area contributed by atoms with E-state index in [-0.39, 0.29) is 18.1 Å². The third-order valence-electron chi connectivity index (χ3n) is 7.19. The zero-order valence-electron chi connectivity index (χ0n) is 24.9. The number of aromatic nitrogens is 3. The van der Waals surface area contributed by atoms with Crippen molar-refractivity contribution in [3.8, 4) is 0 Å². The van der Waals surface area contributed by atoms with Crippen LogP contribution >= 0.6 is 0 Å². The normalized spacial score (nSPS) is 13.5. The lowest BCUT2D eigenvalue weighted by molar-refractivity contribution is -0.120. The molecule has 1 heterocycles. The summed E-state index contributed by atoms with van der Waals surface area (Å²) in [5.41, 5.74) is 7.77. The number of anilines is 5. The van der Waals surface area contributed by atoms with Crippen molar-refractivity contribution in [1.82, 2.24) is 20.3 Å². The van der Waals surface area contributed by atoms with Crippen LogP contribution in [0, 0.1) is 11.7 Å². The number of nitrogens with two attached hydrogens (primary N) is 1. The maximum atomic E-state index is 13.5. The summed E-state index contributed by atoms with van der Waals surface area (Å²) in [4.78, 5) is 28.0. The van der Waals surface area contributed by atoms with Crippen LogP contribution in [0.2, 0.25) is 0 Å². The Morgan fingerprint density at radius 2 is 1.63 bits per heavy atom. The van der Waals surface area contributed by atoms with Gasteiger partial charge in [-0.15, -0.1) is 0 Å². The van der Waals surface area contributed by atoms with Crippen LogP contribution in [0.1, 0.15) is 37.7 Å². The Morgan fingerprint density at radius 1 is 0.930 bits per heavy atom. The van der Waals surface area contributed by atoms with Gasteiger partial charge in [-0.25, -0.2) is 4.39 Å². The number of carbonyl (C=O) groups is 1. The third-order valence-corrected chi connectivity index (χ3v) is 7.19. The fraction of sp³-hybridized carbons (Fsp3) is 0.484. The Kier molecular flexibility index (Phi) is 12.9. The lowest BCUT2D eigenvalue weighted by Gasteiger charge is -2.22. The lowest BCUT2D eigenvalue weighted by Crippen LogP contribution is -2.29. The molecule has 0 radical (unpaired) electrons. The second-order valence-electron chi connectivity index (χ2n) is 10.6. The Labute approximate surface area is 252 Å². The van der Waals surface area contributed by atoms with Gasteiger partial charge in [-0.05, 0) is 60.7 Å². The lowest BCUT2D eigenvalue weighted by atomic mass is 9.89. The van der Waals surface area contributed by atoms with E-state index in [1.165, 1.54) is 44.2 Å². The van der Waals surface area contributed by atoms with Crippen LogP contribution in [0.25, 0.3) is 0 Å². The molecular weight excluding hydrogens is 551 g/mol. The monoisotopic (exact) mass is 594 g/mol. The van der Waals surface area contributed by atoms with Crippen LogP contribution in [-0.4, -0.2) is 74.0 Å². The molecule has 0 bridgehead atoms. The molecule has 43 heavy (non-hydrogen) atoms. The summed E-state index contributed by atoms with van der Waals surface area (Å²) in [6, 6.07) is 13.7. The van der Waals surface area contributed by atoms with Crippen molar-refractivity contribution in [1.29, 1.82) is 0 Å². The van der Waals surface area contributed by atoms with Gasteiger partial charge in [-0.3, -0.25) is 4.79 Å². The Balaban J connectivity index is 1.34. The van der Waals surface area contributed by atoms with E-state index in [2.05, 4.69) is 30.9 Å². The Bertz CT molecular complexity index is 1260. The molecule has 0 spiro atoms. The van der Waals surface area contributed by atoms with E-state index in [9.17, 15) is 9.18 Å². The van der Waals surface area contributed by atoms with Crippen LogP contribution in [0.15, 0.2) is 48.5 Å². The van der Waals surface area contributed by atoms with E-state index < -0.39 is 0 Å². The Morgan fingerprint density at radius 3 is 2.35 bits per heavy atom. The van der Waals surface area contributed by atoms with Gasteiger partial charge < -0.3 is 36.1 Å². The quantitative estimate of drug-likeness (QED) is 0.168. The fourth-order valence-electron chi connectivity index (χ4n) is 4.81. The molecule has 11 nitrogen and oxygen atoms in total. The van der Waals surface area contributed by atoms with Crippen molar-refractivity contribution in [2.45, 2.75) is 38.5 Å². The van der Waals surface area contributed by atoms with Crippen LogP contribution < -0.4 is 26.6 Å². The van der Waals surface area contributed by atoms with Gasteiger partial charge >= 0.3 is 0 Å². The topological polar surface area (TPSA) is 140 Å². The number of carbonyl (C=O) groups excluding carboxylic acids is 1. The summed E-state index contributed by atoms with van der Waals surface area (Å²) in [6.07, 6.45) is 6.48. The molecule has 1 aliphatic carbocycles. The van der Waals surface area contributed by atoms with E-state index in [1.54, 1.807) is 17.0 Å². The minimum absolute atomic E-state index is 0.0803. The number of hydrogen-bond donors (Lipinski definition) is 4. The molecule has 1 amide bonds. The average molecular weight is 595 g/mol. The molecule has 0 unspecified atom stereocenters. The number of hydrogen-bond acceptors (Lipinski definition) is 10. The summed E-state index contributed by atoms with van der Waals surface area (Å²) < 4.78 is 24.2. The van der Waals surface area contributed by atoms with Crippen molar-refractivity contribution in [2.75, 3.05) is 68.6 Å². The summed E-state index contributed by atoms with van der Waals surface area (Å²) in [6.45, 7) is 3.60. The molecule has 1 aliphatic rings. The smallest absolute Gasteiger partial charge is 0.236 e. The van der Waals surface area contributed by atoms with E-state index in [1.807, 2.05) is 31.3 Å². The first-order valence-corrected chi connectivity index (χ1v) is 15.0. The summed E-state index contributed by atoms with van der Waals surface area (Å²) in [5, 5.41) is 9.54. The maximum absolute atomic E-state index is 13.5. The van der Waals surface area contributed by atoms with Gasteiger partial charge in [0.1, 0.15) is 5.82 Å². The molecule has 0 saturated heterocycles. The highest BCUT2D eigenvalue weighted by molar-refractivity contribution is 5.78. The predicted molar refractivity (Wildman–Crippen MR) is 166 cm³/mol. The molecule has 5 N–H and O–H groups in total. The van der Waals surface area contributed by atoms with E-state index in [0.717, 1.165) is 23.5 Å². The summed E-state index contributed by atoms with van der Waals surface area (Å²) in [5.74, 6) is 1.49. The number of benzene rings is 2. The van der Waals surface area contributed by atoms with Gasteiger partial charge in [0.05, 0.1) is 32.8 Å². The largest absolute Gasteiger partial charge is 0.378 e. The molecule has 0 aliphatic heterocycles. The molecule has 4 rings (SSSR count). The Hall–Kier alpha value is -3.87. The van der Waals surface area contributed by atoms with Crippen LogP contribution in [0.4, 0.5) is 33.6 Å². The molecule has 2 aromatic carbocycles. The second kappa shape index (κ2) is 17.3. The number of ether oxygens (including phenoxy) is 2. The van der Waals surface area contributed by atoms with Crippen molar-refractivity contribution in [2.24, 2.45) is 11.7 Å². The van der Waals surface area contributed by atoms with E-state index in [0.29, 0.717) is 63.3 Å². The van der Waals surface area contributed by atoms with Gasteiger partial charge in [-0.1, -0.05) is 31.4 Å². The number of halogens is 1. The summed E-state index contributed by atoms with van der Waals surface area (Å²) in [7, 11) is 1.83. The van der Waals surface area contributed by atoms with Crippen molar-refractivity contribution in [3.05, 3.63) is 59.9 Å². The van der Waals surface area contributed by atoms with Crippen LogP contribution in [-0.2, 0) is 20.7 Å². The van der Waals surface area contributed by atoms with E-state index in [4.69, 9.17) is 15.2 Å². The van der Waals surface area contributed by atoms with Crippen molar-refractivity contribution in [3.63, 3.8) is 0 Å². The van der Waals surface area contributed by atoms with Crippen LogP contribution in [0.3, 0.4) is 0 Å². The van der Waals surface area contributed by atoms with Crippen molar-refractivity contribution < 1.29 is 18.7 Å². The minimum Gasteiger partial charge on any atom is -0.378 e. The highest BCUT2D eigenvalue weighted by atomic mass is 19.1. The number of rotatable bonds is 17. The van der Waals surface area contributed by atoms with E-state index >= 15 is 0 Å². The third kappa shape index (κ3) is 11.0. The SMILES string of the molecule is CN(c1ccc(F)cc1)c1nc(NCC2CCCCC2)nc(Nc2ccc(CC(=O)NCCOCCOCCN)cc2)n1. The highest BCUT2D eigenvalue weighted by Crippen LogP contribution is 2.26. The van der Waals surface area contributed by atoms with Gasteiger partial charge in [0.2, 0.25) is 23.8 Å². The standard InChI is InChI=1S/C31H43FN8O3/c1-40(27-13-9-25(32)10-14-27)31-38-29(35-22-24-5-3-2-4-6-24)37-30(39-31)36-26-11-7-23(8-12-26)21-28(41)34-16-18-43-20-19-42-17-15-33/h7-14,24H,2-6,15-22,33H2,1H3,(H,34,41)(H2,35,36,37,38,39). The number of nitrogens with one attached hydrogen (secondary N) is 3. The number of nitrogens with zero attached hydrogens (tertiary/aromatic N) is 4. The molecule has 232 valence electrons. The molecule has 1 aromatic heterocycles. The fourth-order valence-corrected chi connectivity index (χ4v) is 4.81. The average Bonchev–Trinajstić information content (AvgIpc) is 3.03. The molecule has 0 atom stereocenters. The zero-order chi connectivity index (χ0) is 30.3.